The summed E-state index contributed by atoms with van der Waals surface area (Å²) in [6, 6.07) is -0.432. The van der Waals surface area contributed by atoms with Crippen molar-refractivity contribution in [3.8, 4) is 0 Å². The molecule has 0 aromatic carbocycles. The third-order valence-electron chi connectivity index (χ3n) is 5.15. The van der Waals surface area contributed by atoms with E-state index in [1.54, 1.807) is 4.90 Å². The van der Waals surface area contributed by atoms with Crippen LogP contribution < -0.4 is 5.84 Å². The highest BCUT2D eigenvalue weighted by molar-refractivity contribution is 7.99. The summed E-state index contributed by atoms with van der Waals surface area (Å²) in [6.45, 7) is 0.345. The van der Waals surface area contributed by atoms with Crippen LogP contribution >= 0.6 is 11.8 Å². The lowest BCUT2D eigenvalue weighted by Crippen LogP contribution is -2.63. The number of hydrogen-bond acceptors (Lipinski definition) is 9. The van der Waals surface area contributed by atoms with Crippen molar-refractivity contribution in [2.75, 3.05) is 18.1 Å². The van der Waals surface area contributed by atoms with Gasteiger partial charge in [0.1, 0.15) is 0 Å². The van der Waals surface area contributed by atoms with Gasteiger partial charge in [0.15, 0.2) is 12.1 Å². The van der Waals surface area contributed by atoms with E-state index in [0.717, 1.165) is 29.4 Å². The molecule has 5 saturated heterocycles. The number of carbonyl (C=O) groups excluding carboxylic acids is 1. The lowest BCUT2D eigenvalue weighted by atomic mass is 9.97. The Balaban J connectivity index is 1.46. The summed E-state index contributed by atoms with van der Waals surface area (Å²) < 4.78 is 41.1. The molecule has 1 spiro atoms. The van der Waals surface area contributed by atoms with E-state index < -0.39 is 28.5 Å². The molecular formula is C12H20N4O6S2. The fourth-order valence-corrected chi connectivity index (χ4v) is 5.44. The van der Waals surface area contributed by atoms with Crippen LogP contribution in [-0.2, 0) is 24.2 Å². The largest absolute Gasteiger partial charge is 0.414 e. The summed E-state index contributed by atoms with van der Waals surface area (Å²) in [5.74, 6) is 7.88. The second-order valence-corrected chi connectivity index (χ2v) is 8.76. The molecule has 5 fully saturated rings. The average Bonchev–Trinajstić information content (AvgIpc) is 2.97. The van der Waals surface area contributed by atoms with Crippen LogP contribution in [0.25, 0.3) is 0 Å². The average molecular weight is 380 g/mol. The van der Waals surface area contributed by atoms with Gasteiger partial charge < -0.3 is 4.74 Å². The fourth-order valence-electron chi connectivity index (χ4n) is 3.95. The Kier molecular flexibility index (Phi) is 4.08. The first-order valence-electron chi connectivity index (χ1n) is 7.86. The van der Waals surface area contributed by atoms with Crippen LogP contribution in [0.1, 0.15) is 25.7 Å². The minimum atomic E-state index is -4.63. The van der Waals surface area contributed by atoms with Crippen LogP contribution in [0.2, 0.25) is 0 Å². The van der Waals surface area contributed by atoms with Crippen LogP contribution in [0.3, 0.4) is 0 Å². The number of ether oxygens (including phenoxy) is 1. The third-order valence-corrected chi connectivity index (χ3v) is 6.55. The number of piperidine rings is 1. The highest BCUT2D eigenvalue weighted by atomic mass is 32.3. The highest BCUT2D eigenvalue weighted by Gasteiger charge is 2.70. The number of amides is 1. The molecule has 12 heteroatoms. The minimum absolute atomic E-state index is 0.0401. The summed E-state index contributed by atoms with van der Waals surface area (Å²) in [7, 11) is -4.63. The quantitative estimate of drug-likeness (QED) is 0.274. The summed E-state index contributed by atoms with van der Waals surface area (Å²) in [5, 5.41) is 2.46. The number of nitrogens with zero attached hydrogens (tertiary/aromatic N) is 3. The van der Waals surface area contributed by atoms with Gasteiger partial charge in [0.05, 0.1) is 6.04 Å². The van der Waals surface area contributed by atoms with E-state index in [0.29, 0.717) is 19.4 Å². The zero-order valence-electron chi connectivity index (χ0n) is 12.9. The minimum Gasteiger partial charge on any atom is -0.322 e. The number of rotatable bonds is 4. The maximum atomic E-state index is 12.8. The number of carbonyl (C=O) groups is 1. The molecule has 3 bridgehead atoms. The first-order valence-corrected chi connectivity index (χ1v) is 10.4. The molecule has 5 aliphatic heterocycles. The first kappa shape index (κ1) is 17.0. The van der Waals surface area contributed by atoms with Gasteiger partial charge in [0, 0.05) is 12.6 Å². The molecule has 4 atom stereocenters. The molecule has 5 aliphatic rings. The molecule has 0 radical (unpaired) electrons. The van der Waals surface area contributed by atoms with Gasteiger partial charge >= 0.3 is 10.4 Å². The topological polar surface area (TPSA) is 126 Å². The summed E-state index contributed by atoms with van der Waals surface area (Å²) in [6.07, 6.45) is 1.89. The number of hydroxylamine groups is 2. The predicted molar refractivity (Wildman–Crippen MR) is 83.2 cm³/mol. The van der Waals surface area contributed by atoms with Crippen molar-refractivity contribution in [2.45, 2.75) is 49.8 Å². The molecule has 24 heavy (non-hydrogen) atoms. The predicted octanol–water partition coefficient (Wildman–Crippen LogP) is -0.891. The fraction of sp³-hybridized carbons (Fsp3) is 0.917. The van der Waals surface area contributed by atoms with Gasteiger partial charge in [-0.25, -0.2) is 10.7 Å². The molecule has 10 nitrogen and oxygen atoms in total. The van der Waals surface area contributed by atoms with Gasteiger partial charge in [-0.05, 0) is 37.2 Å². The number of nitrogens with two attached hydrogens (primary N) is 1. The van der Waals surface area contributed by atoms with Crippen molar-refractivity contribution in [3.63, 3.8) is 0 Å². The van der Waals surface area contributed by atoms with Gasteiger partial charge in [-0.3, -0.25) is 14.4 Å². The Hall–Kier alpha value is -0.470. The lowest BCUT2D eigenvalue weighted by molar-refractivity contribution is -0.415. The summed E-state index contributed by atoms with van der Waals surface area (Å²) in [5.41, 5.74) is -0.905. The van der Waals surface area contributed by atoms with Crippen LogP contribution in [-0.4, -0.2) is 76.1 Å². The normalized spacial score (nSPS) is 39.5. The standard InChI is InChI=1S/C12H20N4O6S2/c13-15(8-2-5-23-6-3-8)10(17)9-1-4-12-7-14(9)11(21-12)16(12)22-24(18,19)20/h8-9,11H,1-7,13H2,(H,18,19,20)/t9-,11?,12?/m0/s1. The van der Waals surface area contributed by atoms with Crippen molar-refractivity contribution in [2.24, 2.45) is 5.84 Å². The molecular weight excluding hydrogens is 360 g/mol. The smallest absolute Gasteiger partial charge is 0.322 e. The number of hydrazine groups is 1. The maximum Gasteiger partial charge on any atom is 0.414 e. The lowest BCUT2D eigenvalue weighted by Gasteiger charge is -2.45. The molecule has 5 rings (SSSR count). The van der Waals surface area contributed by atoms with Gasteiger partial charge in [-0.1, -0.05) is 5.06 Å². The van der Waals surface area contributed by atoms with E-state index >= 15 is 0 Å². The zero-order valence-corrected chi connectivity index (χ0v) is 14.5. The van der Waals surface area contributed by atoms with E-state index in [-0.39, 0.29) is 11.9 Å². The molecule has 0 aromatic heterocycles. The first-order chi connectivity index (χ1) is 11.3. The summed E-state index contributed by atoms with van der Waals surface area (Å²) >= 11 is 1.86. The molecule has 1 amide bonds. The SMILES string of the molecule is NN(C(=O)[C@@H]1CCC23CN1C(O2)N3OS(=O)(=O)O)C1CCSCC1. The molecule has 0 saturated carbocycles. The van der Waals surface area contributed by atoms with Gasteiger partial charge in [-0.15, -0.1) is 4.28 Å². The van der Waals surface area contributed by atoms with Crippen molar-refractivity contribution >= 4 is 28.1 Å². The molecule has 3 N–H and O–H groups in total. The third kappa shape index (κ3) is 2.65. The van der Waals surface area contributed by atoms with E-state index in [9.17, 15) is 13.2 Å². The van der Waals surface area contributed by atoms with Crippen LogP contribution in [0.5, 0.6) is 0 Å². The van der Waals surface area contributed by atoms with Crippen molar-refractivity contribution in [1.29, 1.82) is 0 Å². The molecule has 0 aromatic rings. The van der Waals surface area contributed by atoms with Crippen molar-refractivity contribution in [1.82, 2.24) is 15.0 Å². The Bertz CT molecular complexity index is 641. The van der Waals surface area contributed by atoms with Crippen molar-refractivity contribution < 1.29 is 26.8 Å². The molecule has 3 unspecified atom stereocenters. The van der Waals surface area contributed by atoms with Gasteiger partial charge in [0.25, 0.3) is 5.91 Å². The van der Waals surface area contributed by atoms with Crippen molar-refractivity contribution in [3.05, 3.63) is 0 Å². The van der Waals surface area contributed by atoms with Gasteiger partial charge in [0.2, 0.25) is 0 Å². The second kappa shape index (κ2) is 5.77. The van der Waals surface area contributed by atoms with Gasteiger partial charge in [-0.2, -0.15) is 20.2 Å². The molecule has 0 aliphatic carbocycles. The second-order valence-electron chi connectivity index (χ2n) is 6.53. The Morgan fingerprint density at radius 2 is 2.08 bits per heavy atom. The van der Waals surface area contributed by atoms with E-state index in [2.05, 4.69) is 4.28 Å². The Morgan fingerprint density at radius 3 is 2.75 bits per heavy atom. The Labute approximate surface area is 144 Å². The molecule has 136 valence electrons. The van der Waals surface area contributed by atoms with E-state index in [1.165, 1.54) is 5.01 Å². The van der Waals surface area contributed by atoms with Crippen LogP contribution in [0.15, 0.2) is 0 Å². The van der Waals surface area contributed by atoms with E-state index in [1.807, 2.05) is 11.8 Å². The zero-order chi connectivity index (χ0) is 17.1. The van der Waals surface area contributed by atoms with Crippen LogP contribution in [0.4, 0.5) is 0 Å². The van der Waals surface area contributed by atoms with E-state index in [4.69, 9.17) is 15.1 Å². The highest BCUT2D eigenvalue weighted by Crippen LogP contribution is 2.52. The summed E-state index contributed by atoms with van der Waals surface area (Å²) in [4.78, 5) is 14.6. The number of thioether (sulfide) groups is 1. The Morgan fingerprint density at radius 1 is 1.38 bits per heavy atom. The maximum absolute atomic E-state index is 12.8. The van der Waals surface area contributed by atoms with Crippen LogP contribution in [0, 0.1) is 0 Å². The molecule has 5 heterocycles. The monoisotopic (exact) mass is 380 g/mol. The number of hydrogen-bond donors (Lipinski definition) is 2.